The third-order valence-electron chi connectivity index (χ3n) is 2.46. The summed E-state index contributed by atoms with van der Waals surface area (Å²) in [5.41, 5.74) is 8.32. The van der Waals surface area contributed by atoms with Crippen LogP contribution in [0.15, 0.2) is 31.0 Å². The maximum atomic E-state index is 11.1. The number of imidazole rings is 1. The largest absolute Gasteiger partial charge is 0.398 e. The van der Waals surface area contributed by atoms with Crippen LogP contribution in [0.5, 0.6) is 0 Å². The minimum Gasteiger partial charge on any atom is -0.398 e. The molecule has 0 saturated heterocycles. The summed E-state index contributed by atoms with van der Waals surface area (Å²) >= 11 is 0. The highest BCUT2D eigenvalue weighted by atomic mass is 32.2. The van der Waals surface area contributed by atoms with E-state index in [1.54, 1.807) is 37.2 Å². The van der Waals surface area contributed by atoms with E-state index in [-0.39, 0.29) is 0 Å². The van der Waals surface area contributed by atoms with Crippen LogP contribution in [0.2, 0.25) is 0 Å². The Bertz CT molecular complexity index is 538. The van der Waals surface area contributed by atoms with Crippen molar-refractivity contribution in [2.45, 2.75) is 6.54 Å². The van der Waals surface area contributed by atoms with Crippen LogP contribution in [-0.4, -0.2) is 30.8 Å². The first-order valence-corrected chi connectivity index (χ1v) is 6.91. The maximum absolute atomic E-state index is 11.1. The van der Waals surface area contributed by atoms with E-state index in [1.807, 2.05) is 4.57 Å². The molecule has 90 valence electrons. The molecule has 0 aliphatic heterocycles. The van der Waals surface area contributed by atoms with Gasteiger partial charge in [-0.2, -0.15) is 0 Å². The molecule has 0 spiro atoms. The molecule has 6 heteroatoms. The molecule has 2 aromatic rings. The van der Waals surface area contributed by atoms with E-state index >= 15 is 0 Å². The van der Waals surface area contributed by atoms with Gasteiger partial charge in [0.05, 0.1) is 18.2 Å². The Morgan fingerprint density at radius 2 is 2.24 bits per heavy atom. The Morgan fingerprint density at radius 1 is 1.41 bits per heavy atom. The van der Waals surface area contributed by atoms with Crippen LogP contribution >= 0.6 is 0 Å². The summed E-state index contributed by atoms with van der Waals surface area (Å²) < 4.78 is 13.0. The second-order valence-corrected chi connectivity index (χ2v) is 5.27. The van der Waals surface area contributed by atoms with Gasteiger partial charge in [0.2, 0.25) is 0 Å². The Labute approximate surface area is 102 Å². The van der Waals surface area contributed by atoms with Gasteiger partial charge in [-0.3, -0.25) is 9.19 Å². The number of aromatic nitrogens is 3. The van der Waals surface area contributed by atoms with Crippen molar-refractivity contribution < 1.29 is 4.21 Å². The van der Waals surface area contributed by atoms with Crippen molar-refractivity contribution >= 4 is 16.5 Å². The predicted octanol–water partition coefficient (Wildman–Crippen LogP) is 0.906. The van der Waals surface area contributed by atoms with Gasteiger partial charge in [-0.15, -0.1) is 0 Å². The SMILES string of the molecule is CS(=O)CCn1cncc1-c1cnccc1N. The monoisotopic (exact) mass is 250 g/mol. The molecule has 0 radical (unpaired) electrons. The van der Waals surface area contributed by atoms with Crippen molar-refractivity contribution in [2.24, 2.45) is 0 Å². The molecule has 0 aliphatic rings. The summed E-state index contributed by atoms with van der Waals surface area (Å²) in [7, 11) is -0.816. The molecule has 2 rings (SSSR count). The molecule has 0 amide bonds. The number of nitrogens with two attached hydrogens (primary N) is 1. The highest BCUT2D eigenvalue weighted by Gasteiger charge is 2.08. The third-order valence-corrected chi connectivity index (χ3v) is 3.22. The Balaban J connectivity index is 2.31. The highest BCUT2D eigenvalue weighted by molar-refractivity contribution is 7.84. The van der Waals surface area contributed by atoms with Crippen LogP contribution in [0.1, 0.15) is 0 Å². The fourth-order valence-electron chi connectivity index (χ4n) is 1.57. The molecule has 2 aromatic heterocycles. The van der Waals surface area contributed by atoms with Crippen LogP contribution in [0.4, 0.5) is 5.69 Å². The van der Waals surface area contributed by atoms with E-state index in [0.29, 0.717) is 18.0 Å². The van der Waals surface area contributed by atoms with Crippen molar-refractivity contribution in [1.29, 1.82) is 0 Å². The van der Waals surface area contributed by atoms with E-state index < -0.39 is 10.8 Å². The van der Waals surface area contributed by atoms with Crippen molar-refractivity contribution in [3.8, 4) is 11.3 Å². The molecule has 2 N–H and O–H groups in total. The standard InChI is InChI=1S/C11H14N4OS/c1-17(16)5-4-15-8-14-7-11(15)9-6-13-3-2-10(9)12/h2-3,6-8H,4-5H2,1H3,(H2,12,13). The molecule has 0 aliphatic carbocycles. The summed E-state index contributed by atoms with van der Waals surface area (Å²) in [6, 6.07) is 1.75. The molecule has 5 nitrogen and oxygen atoms in total. The molecule has 2 heterocycles. The van der Waals surface area contributed by atoms with Crippen molar-refractivity contribution in [3.63, 3.8) is 0 Å². The van der Waals surface area contributed by atoms with Gasteiger partial charge >= 0.3 is 0 Å². The summed E-state index contributed by atoms with van der Waals surface area (Å²) in [4.78, 5) is 8.15. The topological polar surface area (TPSA) is 73.8 Å². The van der Waals surface area contributed by atoms with Gasteiger partial charge in [-0.1, -0.05) is 0 Å². The van der Waals surface area contributed by atoms with Crippen LogP contribution < -0.4 is 5.73 Å². The zero-order valence-corrected chi connectivity index (χ0v) is 10.4. The van der Waals surface area contributed by atoms with Crippen molar-refractivity contribution in [1.82, 2.24) is 14.5 Å². The van der Waals surface area contributed by atoms with Gasteiger partial charge in [-0.05, 0) is 6.07 Å². The summed E-state index contributed by atoms with van der Waals surface area (Å²) in [5, 5.41) is 0. The van der Waals surface area contributed by atoms with Crippen LogP contribution in [0.25, 0.3) is 11.3 Å². The second kappa shape index (κ2) is 5.09. The summed E-state index contributed by atoms with van der Waals surface area (Å²) in [6.45, 7) is 0.660. The average molecular weight is 250 g/mol. The minimum absolute atomic E-state index is 0.601. The number of anilines is 1. The van der Waals surface area contributed by atoms with Gasteiger partial charge in [-0.25, -0.2) is 4.98 Å². The van der Waals surface area contributed by atoms with Crippen molar-refractivity contribution in [2.75, 3.05) is 17.7 Å². The van der Waals surface area contributed by atoms with E-state index in [2.05, 4.69) is 9.97 Å². The molecule has 0 bridgehead atoms. The van der Waals surface area contributed by atoms with Crippen LogP contribution in [-0.2, 0) is 17.3 Å². The van der Waals surface area contributed by atoms with Gasteiger partial charge in [0, 0.05) is 53.0 Å². The van der Waals surface area contributed by atoms with E-state index in [4.69, 9.17) is 5.73 Å². The molecule has 0 saturated carbocycles. The highest BCUT2D eigenvalue weighted by Crippen LogP contribution is 2.23. The van der Waals surface area contributed by atoms with Crippen LogP contribution in [0.3, 0.4) is 0 Å². The first-order chi connectivity index (χ1) is 8.18. The number of rotatable bonds is 4. The van der Waals surface area contributed by atoms with Gasteiger partial charge in [0.25, 0.3) is 0 Å². The smallest absolute Gasteiger partial charge is 0.0951 e. The number of pyridine rings is 1. The Morgan fingerprint density at radius 3 is 2.94 bits per heavy atom. The van der Waals surface area contributed by atoms with E-state index in [9.17, 15) is 4.21 Å². The zero-order valence-electron chi connectivity index (χ0n) is 9.54. The average Bonchev–Trinajstić information content (AvgIpc) is 2.75. The first-order valence-electron chi connectivity index (χ1n) is 5.18. The normalized spacial score (nSPS) is 12.5. The Hall–Kier alpha value is -1.69. The molecule has 0 fully saturated rings. The lowest BCUT2D eigenvalue weighted by Crippen LogP contribution is -2.07. The lowest BCUT2D eigenvalue weighted by atomic mass is 10.2. The second-order valence-electron chi connectivity index (χ2n) is 3.71. The zero-order chi connectivity index (χ0) is 12.3. The predicted molar refractivity (Wildman–Crippen MR) is 68.8 cm³/mol. The number of aryl methyl sites for hydroxylation is 1. The van der Waals surface area contributed by atoms with E-state index in [0.717, 1.165) is 11.3 Å². The molecular formula is C11H14N4OS. The number of nitrogen functional groups attached to an aromatic ring is 1. The van der Waals surface area contributed by atoms with Gasteiger partial charge in [0.15, 0.2) is 0 Å². The number of hydrogen-bond acceptors (Lipinski definition) is 4. The maximum Gasteiger partial charge on any atom is 0.0951 e. The summed E-state index contributed by atoms with van der Waals surface area (Å²) in [5.74, 6) is 0.601. The number of nitrogens with zero attached hydrogens (tertiary/aromatic N) is 3. The minimum atomic E-state index is -0.816. The molecule has 1 atom stereocenters. The third kappa shape index (κ3) is 2.71. The fraction of sp³-hybridized carbons (Fsp3) is 0.273. The summed E-state index contributed by atoms with van der Waals surface area (Å²) in [6.07, 6.45) is 8.52. The molecular weight excluding hydrogens is 236 g/mol. The Kier molecular flexibility index (Phi) is 3.53. The molecule has 1 unspecified atom stereocenters. The van der Waals surface area contributed by atoms with Crippen LogP contribution in [0, 0.1) is 0 Å². The van der Waals surface area contributed by atoms with Gasteiger partial charge < -0.3 is 10.3 Å². The van der Waals surface area contributed by atoms with Gasteiger partial charge in [0.1, 0.15) is 0 Å². The lowest BCUT2D eigenvalue weighted by Gasteiger charge is -2.08. The molecule has 0 aromatic carbocycles. The van der Waals surface area contributed by atoms with E-state index in [1.165, 1.54) is 0 Å². The number of hydrogen-bond donors (Lipinski definition) is 1. The lowest BCUT2D eigenvalue weighted by molar-refractivity contribution is 0.678. The fourth-order valence-corrected chi connectivity index (χ4v) is 2.02. The first kappa shape index (κ1) is 11.8. The van der Waals surface area contributed by atoms with Crippen molar-refractivity contribution in [3.05, 3.63) is 31.0 Å². The molecule has 17 heavy (non-hydrogen) atoms. The quantitative estimate of drug-likeness (QED) is 0.875.